The Morgan fingerprint density at radius 3 is 2.74 bits per heavy atom. The fourth-order valence-corrected chi connectivity index (χ4v) is 7.33. The van der Waals surface area contributed by atoms with Gasteiger partial charge in [-0.25, -0.2) is 15.0 Å². The fourth-order valence-electron chi connectivity index (χ4n) is 5.79. The highest BCUT2D eigenvalue weighted by Gasteiger charge is 2.48. The van der Waals surface area contributed by atoms with Crippen LogP contribution < -0.4 is 10.1 Å². The van der Waals surface area contributed by atoms with Gasteiger partial charge in [0.15, 0.2) is 17.2 Å². The van der Waals surface area contributed by atoms with Crippen molar-refractivity contribution in [2.45, 2.75) is 37.1 Å². The van der Waals surface area contributed by atoms with Crippen molar-refractivity contribution in [2.24, 2.45) is 0 Å². The Bertz CT molecular complexity index is 1600. The number of fused-ring (bicyclic) bond motifs is 9. The molecule has 1 unspecified atom stereocenters. The number of nitrogens with zero attached hydrogens (tertiary/aromatic N) is 4. The van der Waals surface area contributed by atoms with Crippen LogP contribution in [-0.2, 0) is 16.8 Å². The minimum absolute atomic E-state index is 0.0243. The van der Waals surface area contributed by atoms with E-state index in [0.717, 1.165) is 16.6 Å². The Labute approximate surface area is 218 Å². The van der Waals surface area contributed by atoms with Crippen LogP contribution in [0.5, 0.6) is 5.75 Å². The topological polar surface area (TPSA) is 122 Å². The maximum Gasteiger partial charge on any atom is 0.387 e. The van der Waals surface area contributed by atoms with Crippen molar-refractivity contribution in [3.63, 3.8) is 0 Å². The molecule has 3 N–H and O–H groups in total. The maximum absolute atomic E-state index is 13.2. The van der Waals surface area contributed by atoms with E-state index in [1.54, 1.807) is 18.5 Å². The first-order valence-electron chi connectivity index (χ1n) is 12.1. The lowest BCUT2D eigenvalue weighted by atomic mass is 9.97. The lowest BCUT2D eigenvalue weighted by Gasteiger charge is -2.21. The number of hydrogen-bond acceptors (Lipinski definition) is 7. The molecule has 0 aliphatic carbocycles. The van der Waals surface area contributed by atoms with Crippen LogP contribution in [0, 0.1) is 0 Å². The van der Waals surface area contributed by atoms with Gasteiger partial charge in [0.1, 0.15) is 28.5 Å². The first-order valence-corrected chi connectivity index (χ1v) is 13.6. The van der Waals surface area contributed by atoms with Gasteiger partial charge < -0.3 is 19.7 Å². The molecule has 9 nitrogen and oxygen atoms in total. The highest BCUT2D eigenvalue weighted by Crippen LogP contribution is 2.47. The van der Waals surface area contributed by atoms with E-state index in [9.17, 15) is 23.2 Å². The van der Waals surface area contributed by atoms with Crippen LogP contribution in [0.2, 0.25) is 0 Å². The Morgan fingerprint density at radius 1 is 1.18 bits per heavy atom. The van der Waals surface area contributed by atoms with Crippen molar-refractivity contribution in [3.8, 4) is 16.9 Å². The van der Waals surface area contributed by atoms with E-state index in [-0.39, 0.29) is 23.5 Å². The number of hydrogen-bond donors (Lipinski definition) is 3. The van der Waals surface area contributed by atoms with Gasteiger partial charge in [-0.2, -0.15) is 13.3 Å². The van der Waals surface area contributed by atoms with Crippen molar-refractivity contribution in [1.82, 2.24) is 24.8 Å². The van der Waals surface area contributed by atoms with Gasteiger partial charge in [-0.15, -0.1) is 0 Å². The summed E-state index contributed by atoms with van der Waals surface area (Å²) in [6.45, 7) is -3.02. The van der Waals surface area contributed by atoms with Gasteiger partial charge in [-0.1, -0.05) is 12.1 Å². The van der Waals surface area contributed by atoms with Crippen molar-refractivity contribution < 1.29 is 28.0 Å². The van der Waals surface area contributed by atoms with E-state index in [0.29, 0.717) is 46.9 Å². The molecular weight excluding hydrogens is 516 g/mol. The number of benzene rings is 2. The van der Waals surface area contributed by atoms with E-state index in [1.807, 2.05) is 22.8 Å². The van der Waals surface area contributed by atoms with Crippen molar-refractivity contribution in [2.75, 3.05) is 11.5 Å². The quantitative estimate of drug-likeness (QED) is 0.340. The largest absolute Gasteiger partial charge is 0.434 e. The number of amides is 1. The molecule has 0 radical (unpaired) electrons. The minimum atomic E-state index is -3.02. The summed E-state index contributed by atoms with van der Waals surface area (Å²) < 4.78 is 43.2. The van der Waals surface area contributed by atoms with E-state index in [4.69, 9.17) is 9.72 Å². The van der Waals surface area contributed by atoms with Gasteiger partial charge in [-0.05, 0) is 36.2 Å². The first kappa shape index (κ1) is 23.5. The third-order valence-corrected chi connectivity index (χ3v) is 9.01. The van der Waals surface area contributed by atoms with Gasteiger partial charge in [0.25, 0.3) is 5.91 Å². The third kappa shape index (κ3) is 3.58. The summed E-state index contributed by atoms with van der Waals surface area (Å²) in [5.74, 6) is 1.34. The van der Waals surface area contributed by atoms with Crippen LogP contribution in [0.25, 0.3) is 22.2 Å². The molecule has 0 spiro atoms. The number of carbonyl (C=O) groups excluding carboxylic acids is 1. The standard InChI is InChI=1S/C26H21F2N5O4S/c27-25(28)37-20-3-1-2-15-21(20)19-9-17(32-23(15)34)22-31-16-5-4-13(8-18(16)33(19)22)14-10-29-24(30-11-14)26(35)6-7-38(36)12-26/h1-5,8,10-11,17,19,25,35-36H,6-7,9,12H2/p+1/t17-,19-,26+,38?/m1/s1. The number of carbonyl (C=O) groups is 1. The van der Waals surface area contributed by atoms with Crippen molar-refractivity contribution in [1.29, 1.82) is 0 Å². The molecule has 3 aliphatic heterocycles. The second-order valence-corrected chi connectivity index (χ2v) is 11.4. The second-order valence-electron chi connectivity index (χ2n) is 9.80. The highest BCUT2D eigenvalue weighted by molar-refractivity contribution is 7.91. The van der Waals surface area contributed by atoms with Crippen LogP contribution in [0.3, 0.4) is 0 Å². The van der Waals surface area contributed by atoms with Crippen LogP contribution in [0.15, 0.2) is 48.8 Å². The summed E-state index contributed by atoms with van der Waals surface area (Å²) in [5, 5.41) is 13.8. The molecule has 2 aromatic heterocycles. The monoisotopic (exact) mass is 538 g/mol. The van der Waals surface area contributed by atoms with Gasteiger partial charge in [0, 0.05) is 35.5 Å². The fraction of sp³-hybridized carbons (Fsp3) is 0.308. The molecule has 0 saturated carbocycles. The molecule has 1 saturated heterocycles. The average Bonchev–Trinajstić information content (AvgIpc) is 3.52. The van der Waals surface area contributed by atoms with Gasteiger partial charge in [0.2, 0.25) is 0 Å². The van der Waals surface area contributed by atoms with Crippen LogP contribution in [0.1, 0.15) is 52.5 Å². The van der Waals surface area contributed by atoms with Crippen molar-refractivity contribution in [3.05, 3.63) is 71.6 Å². The SMILES string of the molecule is O=C1N[C@@H]2C[C@H](c3c(OC(F)F)cccc31)n1c2nc2ccc(-c3cnc([C@]4(O)CC[S+](O)C4)nc3)cc21. The van der Waals surface area contributed by atoms with E-state index >= 15 is 0 Å². The van der Waals surface area contributed by atoms with E-state index in [2.05, 4.69) is 15.3 Å². The molecule has 1 fully saturated rings. The summed E-state index contributed by atoms with van der Waals surface area (Å²) in [6.07, 6.45) is 4.17. The number of halogens is 2. The molecule has 4 atom stereocenters. The van der Waals surface area contributed by atoms with Crippen LogP contribution in [0.4, 0.5) is 8.78 Å². The normalized spacial score (nSPS) is 25.8. The lowest BCUT2D eigenvalue weighted by Crippen LogP contribution is -2.29. The molecule has 12 heteroatoms. The van der Waals surface area contributed by atoms with E-state index < -0.39 is 29.4 Å². The Hall–Kier alpha value is -3.61. The lowest BCUT2D eigenvalue weighted by molar-refractivity contribution is -0.0507. The molecule has 38 heavy (non-hydrogen) atoms. The number of nitrogens with one attached hydrogen (secondary N) is 1. The molecule has 3 aliphatic rings. The number of aliphatic hydroxyl groups is 1. The summed E-state index contributed by atoms with van der Waals surface area (Å²) in [4.78, 5) is 26.5. The Balaban J connectivity index is 1.31. The number of ether oxygens (including phenoxy) is 1. The summed E-state index contributed by atoms with van der Waals surface area (Å²) >= 11 is -0.839. The number of alkyl halides is 2. The summed E-state index contributed by atoms with van der Waals surface area (Å²) in [6, 6.07) is 9.50. The molecule has 5 heterocycles. The number of aromatic nitrogens is 4. The average molecular weight is 539 g/mol. The zero-order chi connectivity index (χ0) is 26.2. The van der Waals surface area contributed by atoms with Gasteiger partial charge in [-0.3, -0.25) is 4.79 Å². The molecule has 7 rings (SSSR count). The maximum atomic E-state index is 13.2. The number of rotatable bonds is 4. The Morgan fingerprint density at radius 2 is 2.00 bits per heavy atom. The first-order chi connectivity index (χ1) is 18.3. The summed E-state index contributed by atoms with van der Waals surface area (Å²) in [5.41, 5.74) is 2.52. The Kier molecular flexibility index (Phi) is 5.23. The predicted molar refractivity (Wildman–Crippen MR) is 135 cm³/mol. The van der Waals surface area contributed by atoms with Crippen LogP contribution >= 0.6 is 0 Å². The van der Waals surface area contributed by atoms with Crippen LogP contribution in [-0.4, -0.2) is 53.2 Å². The van der Waals surface area contributed by atoms with E-state index in [1.165, 1.54) is 12.1 Å². The highest BCUT2D eigenvalue weighted by atomic mass is 32.2. The molecule has 4 aromatic rings. The predicted octanol–water partition coefficient (Wildman–Crippen LogP) is 3.55. The van der Waals surface area contributed by atoms with Crippen molar-refractivity contribution >= 4 is 28.1 Å². The molecule has 1 amide bonds. The van der Waals surface area contributed by atoms with Gasteiger partial charge in [0.05, 0.1) is 23.1 Å². The second kappa shape index (κ2) is 8.45. The minimum Gasteiger partial charge on any atom is -0.434 e. The summed E-state index contributed by atoms with van der Waals surface area (Å²) in [7, 11) is 0. The zero-order valence-electron chi connectivity index (χ0n) is 19.8. The molecule has 194 valence electrons. The molecule has 2 bridgehead atoms. The zero-order valence-corrected chi connectivity index (χ0v) is 20.7. The number of imidazole rings is 1. The smallest absolute Gasteiger partial charge is 0.387 e. The molecular formula is C26H22F2N5O4S+. The van der Waals surface area contributed by atoms with Gasteiger partial charge >= 0.3 is 6.61 Å². The molecule has 2 aromatic carbocycles. The third-order valence-electron chi connectivity index (χ3n) is 7.52.